The van der Waals surface area contributed by atoms with Crippen molar-refractivity contribution < 1.29 is 0 Å². The smallest absolute Gasteiger partial charge is 0.0978 e. The summed E-state index contributed by atoms with van der Waals surface area (Å²) in [6.07, 6.45) is 1.96. The van der Waals surface area contributed by atoms with Crippen LogP contribution in [0.4, 0.5) is 0 Å². The SMILES string of the molecule is CC1(C)c2cc(-c3ccc4ccccc4n3)ccc2-c2ccc(-c3ccnc4c3ccc3c(-c5ccc6c(c5)C(C)(C)c5cc(-c7ccc8ccccc8n7)ccc5-6)cc(-c5ccccc5)nc34)cc21. The van der Waals surface area contributed by atoms with Crippen molar-refractivity contribution in [3.8, 4) is 78.3 Å². The van der Waals surface area contributed by atoms with Crippen molar-refractivity contribution in [2.45, 2.75) is 38.5 Å². The maximum Gasteiger partial charge on any atom is 0.0978 e. The normalized spacial score (nSPS) is 13.9. The Morgan fingerprint density at radius 1 is 0.300 bits per heavy atom. The number of benzene rings is 8. The zero-order valence-electron chi connectivity index (χ0n) is 39.4. The molecule has 0 N–H and O–H groups in total. The molecule has 8 aromatic carbocycles. The molecule has 4 heteroatoms. The van der Waals surface area contributed by atoms with E-state index in [-0.39, 0.29) is 10.8 Å². The first kappa shape index (κ1) is 40.5. The first-order chi connectivity index (χ1) is 34.2. The topological polar surface area (TPSA) is 51.6 Å². The van der Waals surface area contributed by atoms with E-state index < -0.39 is 0 Å². The van der Waals surface area contributed by atoms with E-state index in [1.165, 1.54) is 50.1 Å². The summed E-state index contributed by atoms with van der Waals surface area (Å²) in [5.41, 5.74) is 24.7. The van der Waals surface area contributed by atoms with E-state index in [0.717, 1.165) is 94.1 Å². The minimum atomic E-state index is -0.232. The minimum Gasteiger partial charge on any atom is -0.254 e. The predicted octanol–water partition coefficient (Wildman–Crippen LogP) is 16.8. The standard InChI is InChI=1S/C66H46N4/c1-65(2)54-34-42(18-24-47(54)49-26-20-44(36-56(49)65)60-30-22-40-14-8-10-16-58(40)68-60)46-32-33-67-63-51(46)28-29-52-53(38-62(70-64(52)63)39-12-6-5-7-13-39)43-19-25-48-50-27-21-45(37-57(50)66(3,4)55(48)35-43)61-31-23-41-15-9-11-17-59(41)69-61/h5-38H,1-4H3. The second-order valence-corrected chi connectivity index (χ2v) is 20.2. The molecule has 0 spiro atoms. The minimum absolute atomic E-state index is 0.216. The summed E-state index contributed by atoms with van der Waals surface area (Å²) in [5.74, 6) is 0. The molecule has 0 aliphatic heterocycles. The maximum atomic E-state index is 5.47. The van der Waals surface area contributed by atoms with Crippen LogP contribution in [0.25, 0.3) is 122 Å². The number of fused-ring (bicyclic) bond motifs is 11. The monoisotopic (exact) mass is 894 g/mol. The van der Waals surface area contributed by atoms with Gasteiger partial charge in [-0.15, -0.1) is 0 Å². The fourth-order valence-corrected chi connectivity index (χ4v) is 11.7. The highest BCUT2D eigenvalue weighted by atomic mass is 14.8. The van der Waals surface area contributed by atoms with Gasteiger partial charge in [-0.25, -0.2) is 15.0 Å². The van der Waals surface area contributed by atoms with Crippen LogP contribution in [0.5, 0.6) is 0 Å². The number of para-hydroxylation sites is 2. The van der Waals surface area contributed by atoms with Crippen LogP contribution in [0.2, 0.25) is 0 Å². The molecule has 0 saturated heterocycles. The summed E-state index contributed by atoms with van der Waals surface area (Å²) < 4.78 is 0. The van der Waals surface area contributed by atoms with Crippen molar-refractivity contribution in [2.75, 3.05) is 0 Å². The lowest BCUT2D eigenvalue weighted by Gasteiger charge is -2.23. The Bertz CT molecular complexity index is 4180. The Morgan fingerprint density at radius 3 is 1.30 bits per heavy atom. The highest BCUT2D eigenvalue weighted by Crippen LogP contribution is 2.53. The van der Waals surface area contributed by atoms with E-state index in [9.17, 15) is 0 Å². The summed E-state index contributed by atoms with van der Waals surface area (Å²) in [6, 6.07) is 72.6. The molecule has 0 fully saturated rings. The molecule has 0 radical (unpaired) electrons. The van der Waals surface area contributed by atoms with Crippen LogP contribution >= 0.6 is 0 Å². The highest BCUT2D eigenvalue weighted by molar-refractivity contribution is 6.13. The molecule has 2 aliphatic carbocycles. The van der Waals surface area contributed by atoms with Gasteiger partial charge in [0.1, 0.15) is 0 Å². The van der Waals surface area contributed by atoms with Crippen LogP contribution in [-0.4, -0.2) is 19.9 Å². The average Bonchev–Trinajstić information content (AvgIpc) is 3.78. The van der Waals surface area contributed by atoms with E-state index >= 15 is 0 Å². The summed E-state index contributed by atoms with van der Waals surface area (Å²) in [4.78, 5) is 20.7. The second kappa shape index (κ2) is 14.9. The van der Waals surface area contributed by atoms with Crippen LogP contribution < -0.4 is 0 Å². The molecule has 4 heterocycles. The first-order valence-corrected chi connectivity index (χ1v) is 24.3. The van der Waals surface area contributed by atoms with Crippen LogP contribution in [0.1, 0.15) is 49.9 Å². The molecule has 0 saturated carbocycles. The maximum absolute atomic E-state index is 5.47. The van der Waals surface area contributed by atoms with Gasteiger partial charge < -0.3 is 0 Å². The van der Waals surface area contributed by atoms with Gasteiger partial charge in [0.05, 0.1) is 39.1 Å². The fraction of sp³-hybridized carbons (Fsp3) is 0.0909. The zero-order chi connectivity index (χ0) is 46.9. The van der Waals surface area contributed by atoms with Gasteiger partial charge in [0.15, 0.2) is 0 Å². The van der Waals surface area contributed by atoms with E-state index in [1.807, 2.05) is 6.20 Å². The molecule has 70 heavy (non-hydrogen) atoms. The Balaban J connectivity index is 0.866. The average molecular weight is 895 g/mol. The lowest BCUT2D eigenvalue weighted by atomic mass is 9.80. The van der Waals surface area contributed by atoms with Gasteiger partial charge in [0, 0.05) is 55.3 Å². The Kier molecular flexibility index (Phi) is 8.64. The first-order valence-electron chi connectivity index (χ1n) is 24.3. The van der Waals surface area contributed by atoms with E-state index in [0.29, 0.717) is 0 Å². The molecule has 4 aromatic heterocycles. The second-order valence-electron chi connectivity index (χ2n) is 20.2. The van der Waals surface area contributed by atoms with Gasteiger partial charge in [-0.2, -0.15) is 0 Å². The lowest BCUT2D eigenvalue weighted by molar-refractivity contribution is 0.660. The third-order valence-electron chi connectivity index (χ3n) is 15.5. The van der Waals surface area contributed by atoms with Crippen molar-refractivity contribution in [1.29, 1.82) is 0 Å². The highest BCUT2D eigenvalue weighted by Gasteiger charge is 2.37. The third-order valence-corrected chi connectivity index (χ3v) is 15.5. The van der Waals surface area contributed by atoms with Crippen molar-refractivity contribution >= 4 is 43.6 Å². The number of hydrogen-bond donors (Lipinski definition) is 0. The molecular formula is C66H46N4. The van der Waals surface area contributed by atoms with Crippen LogP contribution in [0.15, 0.2) is 206 Å². The molecular weight excluding hydrogens is 849 g/mol. The van der Waals surface area contributed by atoms with Gasteiger partial charge in [-0.3, -0.25) is 4.98 Å². The summed E-state index contributed by atoms with van der Waals surface area (Å²) in [7, 11) is 0. The number of hydrogen-bond acceptors (Lipinski definition) is 4. The molecule has 0 bridgehead atoms. The zero-order valence-corrected chi connectivity index (χ0v) is 39.4. The molecule has 330 valence electrons. The van der Waals surface area contributed by atoms with Gasteiger partial charge in [-0.05, 0) is 127 Å². The van der Waals surface area contributed by atoms with Crippen LogP contribution in [0.3, 0.4) is 0 Å². The van der Waals surface area contributed by atoms with E-state index in [4.69, 9.17) is 19.9 Å². The molecule has 4 nitrogen and oxygen atoms in total. The molecule has 12 aromatic rings. The Morgan fingerprint density at radius 2 is 0.757 bits per heavy atom. The largest absolute Gasteiger partial charge is 0.254 e. The fourth-order valence-electron chi connectivity index (χ4n) is 11.7. The number of rotatable bonds is 5. The summed E-state index contributed by atoms with van der Waals surface area (Å²) in [6.45, 7) is 9.43. The van der Waals surface area contributed by atoms with E-state index in [2.05, 4.69) is 228 Å². The number of nitrogens with zero attached hydrogens (tertiary/aromatic N) is 4. The predicted molar refractivity (Wildman–Crippen MR) is 290 cm³/mol. The Labute approximate surface area is 407 Å². The van der Waals surface area contributed by atoms with Crippen molar-refractivity contribution in [2.24, 2.45) is 0 Å². The van der Waals surface area contributed by atoms with Crippen molar-refractivity contribution in [1.82, 2.24) is 19.9 Å². The quantitative estimate of drug-likeness (QED) is 0.162. The van der Waals surface area contributed by atoms with Gasteiger partial charge in [0.2, 0.25) is 0 Å². The summed E-state index contributed by atoms with van der Waals surface area (Å²) in [5, 5.41) is 4.46. The molecule has 2 aliphatic rings. The molecule has 0 amide bonds. The van der Waals surface area contributed by atoms with Crippen LogP contribution in [0, 0.1) is 0 Å². The molecule has 14 rings (SSSR count). The number of pyridine rings is 4. The summed E-state index contributed by atoms with van der Waals surface area (Å²) >= 11 is 0. The van der Waals surface area contributed by atoms with E-state index in [1.54, 1.807) is 0 Å². The third kappa shape index (κ3) is 6.09. The van der Waals surface area contributed by atoms with Crippen molar-refractivity contribution in [3.63, 3.8) is 0 Å². The molecule has 0 unspecified atom stereocenters. The number of aromatic nitrogens is 4. The van der Waals surface area contributed by atoms with Gasteiger partial charge in [0.25, 0.3) is 0 Å². The Hall–Kier alpha value is -8.60. The molecule has 0 atom stereocenters. The lowest BCUT2D eigenvalue weighted by Crippen LogP contribution is -2.15. The van der Waals surface area contributed by atoms with Gasteiger partial charge >= 0.3 is 0 Å². The van der Waals surface area contributed by atoms with Crippen LogP contribution in [-0.2, 0) is 10.8 Å². The van der Waals surface area contributed by atoms with Gasteiger partial charge in [-0.1, -0.05) is 167 Å². The van der Waals surface area contributed by atoms with Crippen molar-refractivity contribution in [3.05, 3.63) is 229 Å².